The van der Waals surface area contributed by atoms with Crippen molar-refractivity contribution < 1.29 is 9.90 Å². The zero-order valence-corrected chi connectivity index (χ0v) is 13.0. The van der Waals surface area contributed by atoms with Gasteiger partial charge in [0, 0.05) is 23.9 Å². The van der Waals surface area contributed by atoms with Crippen molar-refractivity contribution in [2.24, 2.45) is 0 Å². The lowest BCUT2D eigenvalue weighted by Crippen LogP contribution is -2.35. The van der Waals surface area contributed by atoms with E-state index in [1.54, 1.807) is 17.2 Å². The molecule has 0 fully saturated rings. The number of aromatic nitrogens is 3. The van der Waals surface area contributed by atoms with Crippen molar-refractivity contribution in [2.75, 3.05) is 6.54 Å². The maximum Gasteiger partial charge on any atom is 0.254 e. The molecular formula is C18H16N4O2. The molecule has 1 amide bonds. The third kappa shape index (κ3) is 2.42. The Bertz CT molecular complexity index is 875. The Hall–Kier alpha value is -3.15. The second kappa shape index (κ2) is 5.81. The van der Waals surface area contributed by atoms with Gasteiger partial charge in [0.15, 0.2) is 5.82 Å². The molecule has 1 N–H and O–H groups in total. The van der Waals surface area contributed by atoms with Gasteiger partial charge in [0.25, 0.3) is 5.91 Å². The average molecular weight is 320 g/mol. The van der Waals surface area contributed by atoms with Gasteiger partial charge in [0.1, 0.15) is 0 Å². The van der Waals surface area contributed by atoms with Gasteiger partial charge in [-0.2, -0.15) is 9.78 Å². The standard InChI is InChI=1S/C18H16N4O2/c23-17(13-6-2-1-3-7-13)21-11-9-14-15(12-21)20-22(18(14)24)16-8-4-5-10-19-16/h1-8,10,24H,9,11-12H2. The van der Waals surface area contributed by atoms with E-state index in [2.05, 4.69) is 10.1 Å². The van der Waals surface area contributed by atoms with Crippen LogP contribution in [-0.2, 0) is 13.0 Å². The molecule has 1 aliphatic heterocycles. The predicted molar refractivity (Wildman–Crippen MR) is 87.9 cm³/mol. The Morgan fingerprint density at radius 2 is 1.88 bits per heavy atom. The lowest BCUT2D eigenvalue weighted by Gasteiger charge is -2.26. The molecule has 6 nitrogen and oxygen atoms in total. The van der Waals surface area contributed by atoms with E-state index in [0.29, 0.717) is 36.6 Å². The van der Waals surface area contributed by atoms with Gasteiger partial charge in [-0.15, -0.1) is 0 Å². The van der Waals surface area contributed by atoms with Crippen molar-refractivity contribution in [1.82, 2.24) is 19.7 Å². The van der Waals surface area contributed by atoms with Crippen LogP contribution in [-0.4, -0.2) is 37.2 Å². The molecule has 2 aromatic heterocycles. The van der Waals surface area contributed by atoms with Gasteiger partial charge in [0.2, 0.25) is 5.88 Å². The fourth-order valence-electron chi connectivity index (χ4n) is 2.95. The van der Waals surface area contributed by atoms with Gasteiger partial charge in [-0.25, -0.2) is 4.98 Å². The summed E-state index contributed by atoms with van der Waals surface area (Å²) >= 11 is 0. The quantitative estimate of drug-likeness (QED) is 0.785. The van der Waals surface area contributed by atoms with Crippen LogP contribution in [0.4, 0.5) is 0 Å². The highest BCUT2D eigenvalue weighted by Gasteiger charge is 2.28. The first-order chi connectivity index (χ1) is 11.7. The fourth-order valence-corrected chi connectivity index (χ4v) is 2.95. The minimum Gasteiger partial charge on any atom is -0.493 e. The summed E-state index contributed by atoms with van der Waals surface area (Å²) in [4.78, 5) is 18.6. The number of fused-ring (bicyclic) bond motifs is 1. The van der Waals surface area contributed by atoms with Gasteiger partial charge in [-0.05, 0) is 30.7 Å². The van der Waals surface area contributed by atoms with E-state index >= 15 is 0 Å². The first-order valence-corrected chi connectivity index (χ1v) is 7.79. The normalized spacial score (nSPS) is 13.6. The van der Waals surface area contributed by atoms with Crippen molar-refractivity contribution in [3.8, 4) is 11.7 Å². The van der Waals surface area contributed by atoms with Crippen molar-refractivity contribution in [3.63, 3.8) is 0 Å². The average Bonchev–Trinajstić information content (AvgIpc) is 2.99. The molecule has 1 aliphatic rings. The minimum atomic E-state index is -0.0203. The molecule has 0 bridgehead atoms. The summed E-state index contributed by atoms with van der Waals surface area (Å²) in [6.07, 6.45) is 2.23. The summed E-state index contributed by atoms with van der Waals surface area (Å²) in [6, 6.07) is 14.6. The molecule has 0 unspecified atom stereocenters. The molecule has 0 radical (unpaired) electrons. The third-order valence-corrected chi connectivity index (χ3v) is 4.19. The van der Waals surface area contributed by atoms with Crippen molar-refractivity contribution >= 4 is 5.91 Å². The lowest BCUT2D eigenvalue weighted by molar-refractivity contribution is 0.0732. The molecule has 0 atom stereocenters. The fraction of sp³-hybridized carbons (Fsp3) is 0.167. The molecule has 24 heavy (non-hydrogen) atoms. The summed E-state index contributed by atoms with van der Waals surface area (Å²) in [7, 11) is 0. The Labute approximate surface area is 139 Å². The maximum atomic E-state index is 12.6. The van der Waals surface area contributed by atoms with E-state index in [9.17, 15) is 9.90 Å². The van der Waals surface area contributed by atoms with Gasteiger partial charge in [-0.3, -0.25) is 4.79 Å². The van der Waals surface area contributed by atoms with Crippen molar-refractivity contribution in [1.29, 1.82) is 0 Å². The highest BCUT2D eigenvalue weighted by atomic mass is 16.3. The van der Waals surface area contributed by atoms with E-state index in [4.69, 9.17) is 0 Å². The van der Waals surface area contributed by atoms with Gasteiger partial charge < -0.3 is 10.0 Å². The highest BCUT2D eigenvalue weighted by molar-refractivity contribution is 5.94. The van der Waals surface area contributed by atoms with Crippen LogP contribution < -0.4 is 0 Å². The van der Waals surface area contributed by atoms with Crippen LogP contribution in [0.3, 0.4) is 0 Å². The summed E-state index contributed by atoms with van der Waals surface area (Å²) in [5, 5.41) is 14.9. The highest BCUT2D eigenvalue weighted by Crippen LogP contribution is 2.29. The van der Waals surface area contributed by atoms with E-state index in [-0.39, 0.29) is 11.8 Å². The Morgan fingerprint density at radius 3 is 2.62 bits per heavy atom. The number of carbonyl (C=O) groups is 1. The number of rotatable bonds is 2. The van der Waals surface area contributed by atoms with Crippen LogP contribution in [0.2, 0.25) is 0 Å². The van der Waals surface area contributed by atoms with E-state index in [1.807, 2.05) is 42.5 Å². The molecule has 0 saturated carbocycles. The largest absolute Gasteiger partial charge is 0.493 e. The van der Waals surface area contributed by atoms with Crippen LogP contribution in [0, 0.1) is 0 Å². The number of hydrogen-bond acceptors (Lipinski definition) is 4. The second-order valence-electron chi connectivity index (χ2n) is 5.69. The molecule has 3 heterocycles. The Kier molecular flexibility index (Phi) is 3.49. The number of nitrogens with zero attached hydrogens (tertiary/aromatic N) is 4. The number of amides is 1. The molecular weight excluding hydrogens is 304 g/mol. The van der Waals surface area contributed by atoms with Crippen molar-refractivity contribution in [3.05, 3.63) is 71.5 Å². The third-order valence-electron chi connectivity index (χ3n) is 4.19. The van der Waals surface area contributed by atoms with Crippen molar-refractivity contribution in [2.45, 2.75) is 13.0 Å². The maximum absolute atomic E-state index is 12.6. The predicted octanol–water partition coefficient (Wildman–Crippen LogP) is 2.17. The number of pyridine rings is 1. The topological polar surface area (TPSA) is 71.2 Å². The molecule has 120 valence electrons. The zero-order valence-electron chi connectivity index (χ0n) is 13.0. The smallest absolute Gasteiger partial charge is 0.254 e. The zero-order chi connectivity index (χ0) is 16.5. The van der Waals surface area contributed by atoms with Gasteiger partial charge in [-0.1, -0.05) is 24.3 Å². The van der Waals surface area contributed by atoms with Crippen LogP contribution in [0.1, 0.15) is 21.6 Å². The molecule has 4 rings (SSSR count). The molecule has 0 saturated heterocycles. The number of carbonyl (C=O) groups excluding carboxylic acids is 1. The molecule has 6 heteroatoms. The first kappa shape index (κ1) is 14.4. The minimum absolute atomic E-state index is 0.0203. The Morgan fingerprint density at radius 1 is 1.08 bits per heavy atom. The van der Waals surface area contributed by atoms with Crippen LogP contribution >= 0.6 is 0 Å². The molecule has 0 spiro atoms. The molecule has 1 aromatic carbocycles. The first-order valence-electron chi connectivity index (χ1n) is 7.79. The van der Waals surface area contributed by atoms with E-state index in [1.165, 1.54) is 4.68 Å². The molecule has 0 aliphatic carbocycles. The van der Waals surface area contributed by atoms with E-state index in [0.717, 1.165) is 5.56 Å². The SMILES string of the molecule is O=C(c1ccccc1)N1CCc2c(nn(-c3ccccn3)c2O)C1. The van der Waals surface area contributed by atoms with E-state index < -0.39 is 0 Å². The Balaban J connectivity index is 1.63. The van der Waals surface area contributed by atoms with Crippen LogP contribution in [0.15, 0.2) is 54.7 Å². The summed E-state index contributed by atoms with van der Waals surface area (Å²) in [5.74, 6) is 0.647. The van der Waals surface area contributed by atoms with Crippen LogP contribution in [0.25, 0.3) is 5.82 Å². The number of aromatic hydroxyl groups is 1. The summed E-state index contributed by atoms with van der Waals surface area (Å²) in [6.45, 7) is 0.943. The lowest BCUT2D eigenvalue weighted by atomic mass is 10.1. The monoisotopic (exact) mass is 320 g/mol. The summed E-state index contributed by atoms with van der Waals surface area (Å²) in [5.41, 5.74) is 2.17. The number of benzene rings is 1. The second-order valence-corrected chi connectivity index (χ2v) is 5.69. The molecule has 3 aromatic rings. The van der Waals surface area contributed by atoms with Crippen LogP contribution in [0.5, 0.6) is 5.88 Å². The summed E-state index contributed by atoms with van der Waals surface area (Å²) < 4.78 is 1.43. The van der Waals surface area contributed by atoms with Gasteiger partial charge >= 0.3 is 0 Å². The van der Waals surface area contributed by atoms with Gasteiger partial charge in [0.05, 0.1) is 12.2 Å². The number of hydrogen-bond donors (Lipinski definition) is 1.